The molecule has 0 radical (unpaired) electrons. The van der Waals surface area contributed by atoms with Crippen molar-refractivity contribution in [3.8, 4) is 0 Å². The summed E-state index contributed by atoms with van der Waals surface area (Å²) in [7, 11) is 0. The zero-order valence-corrected chi connectivity index (χ0v) is 11.1. The summed E-state index contributed by atoms with van der Waals surface area (Å²) >= 11 is 0. The number of H-pyrrole nitrogens is 1. The monoisotopic (exact) mass is 273 g/mol. The highest BCUT2D eigenvalue weighted by atomic mass is 16.6. The first kappa shape index (κ1) is 12.5. The zero-order chi connectivity index (χ0) is 13.9. The van der Waals surface area contributed by atoms with Crippen LogP contribution in [-0.2, 0) is 14.3 Å². The molecule has 2 N–H and O–H groups in total. The van der Waals surface area contributed by atoms with E-state index in [0.29, 0.717) is 19.0 Å². The van der Waals surface area contributed by atoms with Gasteiger partial charge in [0, 0.05) is 0 Å². The van der Waals surface area contributed by atoms with Crippen LogP contribution in [0, 0.1) is 0 Å². The van der Waals surface area contributed by atoms with Gasteiger partial charge in [-0.1, -0.05) is 12.1 Å². The third kappa shape index (κ3) is 2.45. The molecule has 104 valence electrons. The number of nitrogens with zero attached hydrogens (tertiary/aromatic N) is 1. The molecule has 6 nitrogen and oxygen atoms in total. The molecule has 3 rings (SSSR count). The molecular formula is C14H15N3O3. The predicted molar refractivity (Wildman–Crippen MR) is 72.6 cm³/mol. The van der Waals surface area contributed by atoms with Crippen LogP contribution < -0.4 is 5.32 Å². The highest BCUT2D eigenvalue weighted by Crippen LogP contribution is 2.16. The highest BCUT2D eigenvalue weighted by molar-refractivity contribution is 5.91. The van der Waals surface area contributed by atoms with Gasteiger partial charge >= 0.3 is 0 Å². The van der Waals surface area contributed by atoms with Gasteiger partial charge in [0.1, 0.15) is 25.3 Å². The maximum absolute atomic E-state index is 12.0. The van der Waals surface area contributed by atoms with Crippen LogP contribution in [0.25, 0.3) is 11.0 Å². The van der Waals surface area contributed by atoms with Gasteiger partial charge in [0.2, 0.25) is 5.76 Å². The van der Waals surface area contributed by atoms with Crippen LogP contribution >= 0.6 is 0 Å². The summed E-state index contributed by atoms with van der Waals surface area (Å²) in [4.78, 5) is 19.6. The van der Waals surface area contributed by atoms with Crippen LogP contribution in [-0.4, -0.2) is 29.1 Å². The van der Waals surface area contributed by atoms with Crippen molar-refractivity contribution in [3.63, 3.8) is 0 Å². The zero-order valence-electron chi connectivity index (χ0n) is 11.1. The fourth-order valence-corrected chi connectivity index (χ4v) is 2.00. The molecule has 0 saturated heterocycles. The summed E-state index contributed by atoms with van der Waals surface area (Å²) in [6, 6.07) is 7.48. The Morgan fingerprint density at radius 1 is 1.40 bits per heavy atom. The number of hydrogen-bond donors (Lipinski definition) is 2. The normalized spacial score (nSPS) is 15.9. The lowest BCUT2D eigenvalue weighted by atomic mass is 10.3. The van der Waals surface area contributed by atoms with E-state index in [9.17, 15) is 4.79 Å². The lowest BCUT2D eigenvalue weighted by Gasteiger charge is -2.17. The van der Waals surface area contributed by atoms with Gasteiger partial charge in [-0.2, -0.15) is 0 Å². The van der Waals surface area contributed by atoms with Crippen molar-refractivity contribution in [1.29, 1.82) is 0 Å². The number of aromatic amines is 1. The van der Waals surface area contributed by atoms with E-state index in [2.05, 4.69) is 15.3 Å². The molecule has 1 unspecified atom stereocenters. The summed E-state index contributed by atoms with van der Waals surface area (Å²) < 4.78 is 10.3. The number of hydrogen-bond acceptors (Lipinski definition) is 4. The third-order valence-electron chi connectivity index (χ3n) is 3.04. The average Bonchev–Trinajstić information content (AvgIpc) is 2.92. The molecular weight excluding hydrogens is 258 g/mol. The first-order valence-corrected chi connectivity index (χ1v) is 6.44. The van der Waals surface area contributed by atoms with Crippen molar-refractivity contribution in [1.82, 2.24) is 15.3 Å². The van der Waals surface area contributed by atoms with E-state index in [0.717, 1.165) is 11.0 Å². The van der Waals surface area contributed by atoms with Crippen molar-refractivity contribution in [2.24, 2.45) is 0 Å². The lowest BCUT2D eigenvalue weighted by Crippen LogP contribution is -2.31. The van der Waals surface area contributed by atoms with Gasteiger partial charge in [0.25, 0.3) is 5.91 Å². The first-order valence-electron chi connectivity index (χ1n) is 6.44. The molecule has 0 spiro atoms. The van der Waals surface area contributed by atoms with Crippen LogP contribution in [0.1, 0.15) is 18.8 Å². The maximum atomic E-state index is 12.0. The van der Waals surface area contributed by atoms with Gasteiger partial charge in [-0.05, 0) is 19.1 Å². The van der Waals surface area contributed by atoms with Crippen molar-refractivity contribution in [2.75, 3.05) is 13.2 Å². The van der Waals surface area contributed by atoms with E-state index in [1.165, 1.54) is 6.26 Å². The second kappa shape index (κ2) is 5.24. The van der Waals surface area contributed by atoms with Gasteiger partial charge in [0.15, 0.2) is 0 Å². The number of benzene rings is 1. The lowest BCUT2D eigenvalue weighted by molar-refractivity contribution is -0.122. The van der Waals surface area contributed by atoms with Gasteiger partial charge in [-0.3, -0.25) is 4.79 Å². The van der Waals surface area contributed by atoms with E-state index in [4.69, 9.17) is 9.47 Å². The Kier molecular flexibility index (Phi) is 3.28. The Morgan fingerprint density at radius 2 is 2.25 bits per heavy atom. The third-order valence-corrected chi connectivity index (χ3v) is 3.04. The summed E-state index contributed by atoms with van der Waals surface area (Å²) in [5.41, 5.74) is 1.82. The number of para-hydroxylation sites is 2. The Hall–Kier alpha value is -2.50. The molecule has 2 aromatic rings. The Balaban J connectivity index is 1.73. The van der Waals surface area contributed by atoms with Gasteiger partial charge in [-0.15, -0.1) is 0 Å². The summed E-state index contributed by atoms with van der Waals surface area (Å²) in [6.07, 6.45) is 1.34. The Labute approximate surface area is 115 Å². The number of nitrogens with one attached hydrogen (secondary N) is 2. The molecule has 6 heteroatoms. The van der Waals surface area contributed by atoms with Crippen molar-refractivity contribution in [2.45, 2.75) is 13.0 Å². The molecule has 20 heavy (non-hydrogen) atoms. The number of carbonyl (C=O) groups excluding carboxylic acids is 1. The molecule has 1 atom stereocenters. The number of imidazole rings is 1. The van der Waals surface area contributed by atoms with Crippen LogP contribution in [0.15, 0.2) is 36.3 Å². The molecule has 1 aliphatic heterocycles. The molecule has 1 aromatic carbocycles. The second-order valence-corrected chi connectivity index (χ2v) is 4.54. The van der Waals surface area contributed by atoms with Crippen molar-refractivity contribution in [3.05, 3.63) is 42.1 Å². The maximum Gasteiger partial charge on any atom is 0.290 e. The van der Waals surface area contributed by atoms with Crippen LogP contribution in [0.5, 0.6) is 0 Å². The molecule has 0 fully saturated rings. The van der Waals surface area contributed by atoms with Crippen LogP contribution in [0.2, 0.25) is 0 Å². The fraction of sp³-hybridized carbons (Fsp3) is 0.286. The molecule has 0 saturated carbocycles. The van der Waals surface area contributed by atoms with Crippen LogP contribution in [0.3, 0.4) is 0 Å². The molecule has 0 aliphatic carbocycles. The average molecular weight is 273 g/mol. The standard InChI is InChI=1S/C14H15N3O3/c1-9(15-14(18)12-8-19-6-7-20-12)13-16-10-4-2-3-5-11(10)17-13/h2-5,8-9H,6-7H2,1H3,(H,15,18)(H,16,17). The van der Waals surface area contributed by atoms with Gasteiger partial charge in [0.05, 0.1) is 17.1 Å². The fourth-order valence-electron chi connectivity index (χ4n) is 2.00. The first-order chi connectivity index (χ1) is 9.74. The molecule has 1 amide bonds. The summed E-state index contributed by atoms with van der Waals surface area (Å²) in [5.74, 6) is 0.591. The minimum atomic E-state index is -0.308. The summed E-state index contributed by atoms with van der Waals surface area (Å²) in [6.45, 7) is 2.72. The number of rotatable bonds is 3. The number of ether oxygens (including phenoxy) is 2. The van der Waals surface area contributed by atoms with Crippen molar-refractivity contribution < 1.29 is 14.3 Å². The predicted octanol–water partition coefficient (Wildman–Crippen LogP) is 1.63. The van der Waals surface area contributed by atoms with E-state index in [1.54, 1.807) is 0 Å². The van der Waals surface area contributed by atoms with Crippen LogP contribution in [0.4, 0.5) is 0 Å². The Morgan fingerprint density at radius 3 is 3.00 bits per heavy atom. The molecule has 1 aromatic heterocycles. The minimum Gasteiger partial charge on any atom is -0.494 e. The topological polar surface area (TPSA) is 76.2 Å². The number of aromatic nitrogens is 2. The highest BCUT2D eigenvalue weighted by Gasteiger charge is 2.19. The number of carbonyl (C=O) groups is 1. The van der Waals surface area contributed by atoms with Crippen molar-refractivity contribution >= 4 is 16.9 Å². The van der Waals surface area contributed by atoms with E-state index in [-0.39, 0.29) is 17.7 Å². The summed E-state index contributed by atoms with van der Waals surface area (Å²) in [5, 5.41) is 2.82. The van der Waals surface area contributed by atoms with Gasteiger partial charge < -0.3 is 19.8 Å². The Bertz CT molecular complexity index is 629. The van der Waals surface area contributed by atoms with E-state index in [1.807, 2.05) is 31.2 Å². The largest absolute Gasteiger partial charge is 0.494 e. The molecule has 1 aliphatic rings. The smallest absolute Gasteiger partial charge is 0.290 e. The number of amides is 1. The van der Waals surface area contributed by atoms with E-state index >= 15 is 0 Å². The van der Waals surface area contributed by atoms with Gasteiger partial charge in [-0.25, -0.2) is 4.98 Å². The van der Waals surface area contributed by atoms with E-state index < -0.39 is 0 Å². The SMILES string of the molecule is CC(NC(=O)C1=COCCO1)c1nc2ccccc2[nH]1. The quantitative estimate of drug-likeness (QED) is 0.891. The molecule has 0 bridgehead atoms. The number of fused-ring (bicyclic) bond motifs is 1. The second-order valence-electron chi connectivity index (χ2n) is 4.54. The minimum absolute atomic E-state index is 0.194. The molecule has 2 heterocycles.